The molecule has 6 unspecified atom stereocenters. The fourth-order valence-corrected chi connectivity index (χ4v) is 4.51. The zero-order valence-corrected chi connectivity index (χ0v) is 16.3. The van der Waals surface area contributed by atoms with Gasteiger partial charge in [0.05, 0.1) is 36.3 Å². The van der Waals surface area contributed by atoms with Gasteiger partial charge < -0.3 is 18.9 Å². The summed E-state index contributed by atoms with van der Waals surface area (Å²) in [6, 6.07) is 9.66. The SMILES string of the molecule is O=C(OC(/C=C/c1ccccc1)OC(=O)C1CCC2OC2C1)C1CCC2OC2C1. The zero-order chi connectivity index (χ0) is 19.8. The maximum Gasteiger partial charge on any atom is 0.312 e. The summed E-state index contributed by atoms with van der Waals surface area (Å²) < 4.78 is 22.3. The van der Waals surface area contributed by atoms with E-state index < -0.39 is 6.29 Å². The lowest BCUT2D eigenvalue weighted by molar-refractivity contribution is -0.186. The van der Waals surface area contributed by atoms with Crippen LogP contribution in [0.25, 0.3) is 6.08 Å². The molecule has 0 aromatic heterocycles. The second kappa shape index (κ2) is 7.92. The monoisotopic (exact) mass is 398 g/mol. The number of rotatable bonds is 6. The first-order chi connectivity index (χ1) is 14.2. The van der Waals surface area contributed by atoms with E-state index in [0.717, 1.165) is 31.2 Å². The first-order valence-electron chi connectivity index (χ1n) is 10.6. The topological polar surface area (TPSA) is 77.7 Å². The van der Waals surface area contributed by atoms with E-state index in [9.17, 15) is 9.59 Å². The first-order valence-corrected chi connectivity index (χ1v) is 10.6. The van der Waals surface area contributed by atoms with Crippen molar-refractivity contribution in [2.75, 3.05) is 0 Å². The van der Waals surface area contributed by atoms with E-state index in [1.807, 2.05) is 36.4 Å². The fourth-order valence-electron chi connectivity index (χ4n) is 4.51. The first kappa shape index (κ1) is 18.8. The number of hydrogen-bond acceptors (Lipinski definition) is 6. The Morgan fingerprint density at radius 1 is 0.828 bits per heavy atom. The molecular weight excluding hydrogens is 372 g/mol. The largest absolute Gasteiger partial charge is 0.421 e. The molecule has 154 valence electrons. The highest BCUT2D eigenvalue weighted by Crippen LogP contribution is 2.41. The summed E-state index contributed by atoms with van der Waals surface area (Å²) in [6.45, 7) is 0. The molecule has 1 aromatic carbocycles. The number of benzene rings is 1. The maximum absolute atomic E-state index is 12.7. The Morgan fingerprint density at radius 2 is 1.38 bits per heavy atom. The molecule has 2 saturated carbocycles. The predicted octanol–water partition coefficient (Wildman–Crippen LogP) is 3.25. The van der Waals surface area contributed by atoms with E-state index in [-0.39, 0.29) is 36.0 Å². The number of epoxide rings is 2. The number of hydrogen-bond donors (Lipinski definition) is 0. The fraction of sp³-hybridized carbons (Fsp3) is 0.565. The highest BCUT2D eigenvalue weighted by molar-refractivity contribution is 5.75. The van der Waals surface area contributed by atoms with Gasteiger partial charge in [-0.1, -0.05) is 36.4 Å². The minimum Gasteiger partial charge on any atom is -0.421 e. The van der Waals surface area contributed by atoms with Crippen LogP contribution in [0.1, 0.15) is 44.1 Å². The van der Waals surface area contributed by atoms with Crippen LogP contribution in [-0.4, -0.2) is 42.6 Å². The summed E-state index contributed by atoms with van der Waals surface area (Å²) >= 11 is 0. The van der Waals surface area contributed by atoms with Gasteiger partial charge in [-0.15, -0.1) is 0 Å². The van der Waals surface area contributed by atoms with Crippen molar-refractivity contribution in [3.05, 3.63) is 42.0 Å². The molecular formula is C23H26O6. The molecule has 2 aliphatic heterocycles. The van der Waals surface area contributed by atoms with Gasteiger partial charge in [0, 0.05) is 0 Å². The lowest BCUT2D eigenvalue weighted by Gasteiger charge is -2.23. The van der Waals surface area contributed by atoms with Gasteiger partial charge in [-0.25, -0.2) is 0 Å². The highest BCUT2D eigenvalue weighted by Gasteiger charge is 2.47. The third-order valence-electron chi connectivity index (χ3n) is 6.38. The van der Waals surface area contributed by atoms with E-state index in [0.29, 0.717) is 25.0 Å². The second-order valence-electron chi connectivity index (χ2n) is 8.46. The Labute approximate surface area is 170 Å². The molecule has 5 rings (SSSR count). The van der Waals surface area contributed by atoms with Crippen molar-refractivity contribution >= 4 is 18.0 Å². The van der Waals surface area contributed by atoms with Gasteiger partial charge in [-0.3, -0.25) is 9.59 Å². The van der Waals surface area contributed by atoms with Gasteiger partial charge in [-0.05, 0) is 50.2 Å². The van der Waals surface area contributed by atoms with Crippen LogP contribution in [0.4, 0.5) is 0 Å². The van der Waals surface area contributed by atoms with E-state index in [2.05, 4.69) is 0 Å². The molecule has 0 spiro atoms. The molecule has 2 saturated heterocycles. The Kier molecular flexibility index (Phi) is 5.14. The van der Waals surface area contributed by atoms with Crippen LogP contribution in [-0.2, 0) is 28.5 Å². The van der Waals surface area contributed by atoms with Crippen molar-refractivity contribution in [3.8, 4) is 0 Å². The number of carbonyl (C=O) groups is 2. The van der Waals surface area contributed by atoms with Crippen molar-refractivity contribution in [3.63, 3.8) is 0 Å². The average Bonchev–Trinajstić information content (AvgIpc) is 3.65. The summed E-state index contributed by atoms with van der Waals surface area (Å²) in [6.07, 6.45) is 8.13. The molecule has 4 fully saturated rings. The highest BCUT2D eigenvalue weighted by atomic mass is 16.7. The minimum absolute atomic E-state index is 0.191. The van der Waals surface area contributed by atoms with Gasteiger partial charge in [-0.2, -0.15) is 0 Å². The Balaban J connectivity index is 1.23. The molecule has 0 bridgehead atoms. The third kappa shape index (κ3) is 4.54. The summed E-state index contributed by atoms with van der Waals surface area (Å²) in [4.78, 5) is 25.4. The average molecular weight is 398 g/mol. The van der Waals surface area contributed by atoms with Crippen LogP contribution in [0.15, 0.2) is 36.4 Å². The van der Waals surface area contributed by atoms with Gasteiger partial charge >= 0.3 is 11.9 Å². The molecule has 0 amide bonds. The molecule has 29 heavy (non-hydrogen) atoms. The van der Waals surface area contributed by atoms with Gasteiger partial charge in [0.2, 0.25) is 0 Å². The molecule has 0 radical (unpaired) electrons. The lowest BCUT2D eigenvalue weighted by Crippen LogP contribution is -2.32. The van der Waals surface area contributed by atoms with Gasteiger partial charge in [0.1, 0.15) is 0 Å². The summed E-state index contributed by atoms with van der Waals surface area (Å²) in [5, 5.41) is 0. The predicted molar refractivity (Wildman–Crippen MR) is 103 cm³/mol. The molecule has 6 nitrogen and oxygen atoms in total. The van der Waals surface area contributed by atoms with E-state index in [1.165, 1.54) is 0 Å². The molecule has 6 atom stereocenters. The van der Waals surface area contributed by atoms with Gasteiger partial charge in [0.25, 0.3) is 6.29 Å². The molecule has 0 N–H and O–H groups in total. The molecule has 4 aliphatic rings. The minimum atomic E-state index is -1.02. The van der Waals surface area contributed by atoms with Crippen LogP contribution in [0.2, 0.25) is 0 Å². The van der Waals surface area contributed by atoms with Crippen LogP contribution in [0.3, 0.4) is 0 Å². The van der Waals surface area contributed by atoms with Crippen molar-refractivity contribution in [1.29, 1.82) is 0 Å². The van der Waals surface area contributed by atoms with Crippen LogP contribution >= 0.6 is 0 Å². The van der Waals surface area contributed by atoms with Crippen molar-refractivity contribution in [1.82, 2.24) is 0 Å². The number of ether oxygens (including phenoxy) is 4. The number of esters is 2. The van der Waals surface area contributed by atoms with Crippen molar-refractivity contribution < 1.29 is 28.5 Å². The normalized spacial score (nSPS) is 35.9. The molecule has 2 aliphatic carbocycles. The van der Waals surface area contributed by atoms with Crippen LogP contribution in [0, 0.1) is 11.8 Å². The van der Waals surface area contributed by atoms with Gasteiger partial charge in [0.15, 0.2) is 0 Å². The van der Waals surface area contributed by atoms with E-state index in [4.69, 9.17) is 18.9 Å². The standard InChI is InChI=1S/C23H26O6/c24-22(15-7-9-17-19(12-15)26-17)28-21(11-6-14-4-2-1-3-5-14)29-23(25)16-8-10-18-20(13-16)27-18/h1-6,11,15-21H,7-10,12-13H2/b11-6+. The lowest BCUT2D eigenvalue weighted by atomic mass is 9.89. The van der Waals surface area contributed by atoms with Crippen LogP contribution in [0.5, 0.6) is 0 Å². The number of carbonyl (C=O) groups excluding carboxylic acids is 2. The van der Waals surface area contributed by atoms with E-state index >= 15 is 0 Å². The second-order valence-corrected chi connectivity index (χ2v) is 8.46. The molecule has 1 aromatic rings. The number of fused-ring (bicyclic) bond motifs is 2. The quantitative estimate of drug-likeness (QED) is 0.416. The molecule has 2 heterocycles. The summed E-state index contributed by atoms with van der Waals surface area (Å²) in [5.41, 5.74) is 0.948. The van der Waals surface area contributed by atoms with Crippen LogP contribution < -0.4 is 0 Å². The van der Waals surface area contributed by atoms with E-state index in [1.54, 1.807) is 6.08 Å². The maximum atomic E-state index is 12.7. The molecule has 6 heteroatoms. The smallest absolute Gasteiger partial charge is 0.312 e. The Morgan fingerprint density at radius 3 is 1.90 bits per heavy atom. The Bertz CT molecular complexity index is 748. The summed E-state index contributed by atoms with van der Waals surface area (Å²) in [7, 11) is 0. The third-order valence-corrected chi connectivity index (χ3v) is 6.38. The van der Waals surface area contributed by atoms with Crippen molar-refractivity contribution in [2.24, 2.45) is 11.8 Å². The Hall–Kier alpha value is -2.18. The summed E-state index contributed by atoms with van der Waals surface area (Å²) in [5.74, 6) is -1.02. The zero-order valence-electron chi connectivity index (χ0n) is 16.3. The van der Waals surface area contributed by atoms with Crippen molar-refractivity contribution in [2.45, 2.75) is 69.2 Å².